The Morgan fingerprint density at radius 1 is 1.04 bits per heavy atom. The number of aliphatic hydroxyl groups is 1. The smallest absolute Gasteiger partial charge is 0.301 e. The van der Waals surface area contributed by atoms with Gasteiger partial charge in [0, 0.05) is 22.8 Å². The Kier molecular flexibility index (Phi) is 10.6. The molecule has 0 saturated carbocycles. The summed E-state index contributed by atoms with van der Waals surface area (Å²) in [6.45, 7) is 6.90. The van der Waals surface area contributed by atoms with Crippen LogP contribution in [0.25, 0.3) is 5.76 Å². The molecular weight excluding hydrogens is 670 g/mol. The number of halogens is 1. The Bertz CT molecular complexity index is 1840. The number of unbranched alkanes of at least 4 members (excludes halogenated alkanes) is 2. The molecule has 1 aromatic heterocycles. The van der Waals surface area contributed by atoms with Crippen molar-refractivity contribution >= 4 is 57.3 Å². The Morgan fingerprint density at radius 3 is 2.62 bits per heavy atom. The molecule has 3 heterocycles. The Morgan fingerprint density at radius 2 is 1.85 bits per heavy atom. The number of aromatic nitrogens is 2. The van der Waals surface area contributed by atoms with Crippen molar-refractivity contribution < 1.29 is 28.9 Å². The summed E-state index contributed by atoms with van der Waals surface area (Å²) in [6.07, 6.45) is 3.71. The minimum absolute atomic E-state index is 0.00632. The SMILES string of the molecule is CCCCCOc1ccc([C@H]2C(=C(O)c3ccc4c(c3)C[C@H](C)O4)C(=O)C(=O)N2c2nnc(SCc3ccc(Cl)cc3)s2)cc1OCC. The lowest BCUT2D eigenvalue weighted by Crippen LogP contribution is -2.29. The Hall–Kier alpha value is -4.06. The summed E-state index contributed by atoms with van der Waals surface area (Å²) in [5.41, 5.74) is 2.91. The Labute approximate surface area is 292 Å². The van der Waals surface area contributed by atoms with Gasteiger partial charge in [-0.1, -0.05) is 72.7 Å². The highest BCUT2D eigenvalue weighted by Crippen LogP contribution is 2.46. The second-order valence-corrected chi connectivity index (χ2v) is 14.2. The molecule has 4 aromatic rings. The number of hydrogen-bond donors (Lipinski definition) is 1. The zero-order valence-corrected chi connectivity index (χ0v) is 29.3. The number of benzene rings is 3. The largest absolute Gasteiger partial charge is 0.507 e. The van der Waals surface area contributed by atoms with Crippen LogP contribution in [0.1, 0.15) is 68.3 Å². The topological polar surface area (TPSA) is 111 Å². The van der Waals surface area contributed by atoms with Crippen molar-refractivity contribution in [2.75, 3.05) is 18.1 Å². The molecule has 0 unspecified atom stereocenters. The molecule has 0 radical (unpaired) electrons. The molecule has 12 heteroatoms. The molecule has 2 atom stereocenters. The normalized spacial score (nSPS) is 18.2. The first-order valence-corrected chi connectivity index (χ1v) is 18.2. The van der Waals surface area contributed by atoms with Gasteiger partial charge in [0.2, 0.25) is 5.13 Å². The lowest BCUT2D eigenvalue weighted by atomic mass is 9.94. The first-order valence-electron chi connectivity index (χ1n) is 16.0. The minimum atomic E-state index is -0.996. The van der Waals surface area contributed by atoms with E-state index in [0.29, 0.717) is 57.4 Å². The van der Waals surface area contributed by atoms with Crippen LogP contribution < -0.4 is 19.1 Å². The highest BCUT2D eigenvalue weighted by molar-refractivity contribution is 8.00. The molecule has 2 aliphatic rings. The number of thioether (sulfide) groups is 1. The lowest BCUT2D eigenvalue weighted by molar-refractivity contribution is -0.132. The highest BCUT2D eigenvalue weighted by atomic mass is 35.5. The van der Waals surface area contributed by atoms with Gasteiger partial charge < -0.3 is 19.3 Å². The third kappa shape index (κ3) is 7.18. The first kappa shape index (κ1) is 33.8. The zero-order chi connectivity index (χ0) is 33.8. The number of carbonyl (C=O) groups excluding carboxylic acids is 2. The van der Waals surface area contributed by atoms with Crippen molar-refractivity contribution in [1.29, 1.82) is 0 Å². The number of hydrogen-bond acceptors (Lipinski definition) is 10. The van der Waals surface area contributed by atoms with Gasteiger partial charge in [-0.05, 0) is 79.4 Å². The van der Waals surface area contributed by atoms with Crippen LogP contribution in [0, 0.1) is 0 Å². The van der Waals surface area contributed by atoms with Crippen molar-refractivity contribution in [2.24, 2.45) is 0 Å². The van der Waals surface area contributed by atoms with Crippen LogP contribution >= 0.6 is 34.7 Å². The number of ether oxygens (including phenoxy) is 3. The van der Waals surface area contributed by atoms with Gasteiger partial charge in [-0.25, -0.2) is 0 Å². The van der Waals surface area contributed by atoms with Crippen LogP contribution in [0.15, 0.2) is 70.6 Å². The quantitative estimate of drug-likeness (QED) is 0.0366. The predicted molar refractivity (Wildman–Crippen MR) is 189 cm³/mol. The number of fused-ring (bicyclic) bond motifs is 1. The standard InChI is InChI=1S/C36H36ClN3O6S2/c1-4-6-7-16-45-28-15-10-23(19-29(28)44-5-2)31-30(32(41)24-11-14-27-25(18-24)17-21(3)46-27)33(42)34(43)40(31)35-38-39-36(48-35)47-20-22-8-12-26(37)13-9-22/h8-15,18-19,21,31,41H,4-7,16-17,20H2,1-3H3/t21-,31-/m0/s1. The number of carbonyl (C=O) groups is 2. The highest BCUT2D eigenvalue weighted by Gasteiger charge is 2.48. The average Bonchev–Trinajstić information content (AvgIpc) is 3.77. The molecule has 48 heavy (non-hydrogen) atoms. The number of anilines is 1. The summed E-state index contributed by atoms with van der Waals surface area (Å²) in [6, 6.07) is 17.2. The van der Waals surface area contributed by atoms with E-state index in [4.69, 9.17) is 25.8 Å². The number of aliphatic hydroxyl groups excluding tert-OH is 1. The molecule has 0 bridgehead atoms. The van der Waals surface area contributed by atoms with E-state index in [-0.39, 0.29) is 22.6 Å². The minimum Gasteiger partial charge on any atom is -0.507 e. The number of Topliss-reactive ketones (excluding diaryl/α,β-unsaturated/α-hetero) is 1. The van der Waals surface area contributed by atoms with Gasteiger partial charge in [0.25, 0.3) is 5.78 Å². The molecule has 2 aliphatic heterocycles. The first-order chi connectivity index (χ1) is 23.3. The molecule has 1 fully saturated rings. The summed E-state index contributed by atoms with van der Waals surface area (Å²) in [5.74, 6) is 0.517. The van der Waals surface area contributed by atoms with Crippen molar-refractivity contribution in [2.45, 2.75) is 68.7 Å². The summed E-state index contributed by atoms with van der Waals surface area (Å²) >= 11 is 8.71. The number of nitrogens with zero attached hydrogens (tertiary/aromatic N) is 3. The number of amides is 1. The van der Waals surface area contributed by atoms with Crippen LogP contribution in [0.3, 0.4) is 0 Å². The summed E-state index contributed by atoms with van der Waals surface area (Å²) in [4.78, 5) is 29.0. The maximum atomic E-state index is 13.8. The molecule has 1 amide bonds. The van der Waals surface area contributed by atoms with E-state index in [0.717, 1.165) is 36.1 Å². The zero-order valence-electron chi connectivity index (χ0n) is 26.9. The van der Waals surface area contributed by atoms with Crippen LogP contribution in [0.5, 0.6) is 17.2 Å². The van der Waals surface area contributed by atoms with Crippen molar-refractivity contribution in [1.82, 2.24) is 10.2 Å². The lowest BCUT2D eigenvalue weighted by Gasteiger charge is -2.23. The van der Waals surface area contributed by atoms with Gasteiger partial charge >= 0.3 is 5.91 Å². The predicted octanol–water partition coefficient (Wildman–Crippen LogP) is 8.40. The maximum Gasteiger partial charge on any atom is 0.301 e. The third-order valence-electron chi connectivity index (χ3n) is 8.08. The van der Waals surface area contributed by atoms with E-state index in [1.54, 1.807) is 30.3 Å². The summed E-state index contributed by atoms with van der Waals surface area (Å²) in [7, 11) is 0. The van der Waals surface area contributed by atoms with Crippen molar-refractivity contribution in [3.8, 4) is 17.2 Å². The van der Waals surface area contributed by atoms with E-state index in [2.05, 4.69) is 17.1 Å². The summed E-state index contributed by atoms with van der Waals surface area (Å²) < 4.78 is 18.5. The number of rotatable bonds is 13. The monoisotopic (exact) mass is 705 g/mol. The second kappa shape index (κ2) is 15.0. The fraction of sp³-hybridized carbons (Fsp3) is 0.333. The van der Waals surface area contributed by atoms with Gasteiger partial charge in [-0.15, -0.1) is 10.2 Å². The van der Waals surface area contributed by atoms with Gasteiger partial charge in [-0.2, -0.15) is 0 Å². The van der Waals surface area contributed by atoms with E-state index in [9.17, 15) is 14.7 Å². The van der Waals surface area contributed by atoms with E-state index < -0.39 is 17.7 Å². The summed E-state index contributed by atoms with van der Waals surface area (Å²) in [5, 5.41) is 21.3. The van der Waals surface area contributed by atoms with E-state index in [1.807, 2.05) is 44.2 Å². The molecule has 0 aliphatic carbocycles. The van der Waals surface area contributed by atoms with Crippen LogP contribution in [0.2, 0.25) is 5.02 Å². The third-order valence-corrected chi connectivity index (χ3v) is 10.5. The fourth-order valence-corrected chi connectivity index (χ4v) is 7.72. The van der Waals surface area contributed by atoms with E-state index in [1.165, 1.54) is 28.0 Å². The van der Waals surface area contributed by atoms with Crippen LogP contribution in [-0.4, -0.2) is 46.3 Å². The van der Waals surface area contributed by atoms with Gasteiger partial charge in [-0.3, -0.25) is 14.5 Å². The molecule has 250 valence electrons. The molecule has 0 spiro atoms. The molecule has 9 nitrogen and oxygen atoms in total. The molecule has 1 saturated heterocycles. The molecule has 6 rings (SSSR count). The average molecular weight is 706 g/mol. The van der Waals surface area contributed by atoms with Crippen LogP contribution in [-0.2, 0) is 21.8 Å². The fourth-order valence-electron chi connectivity index (χ4n) is 5.77. The molecule has 3 aromatic carbocycles. The van der Waals surface area contributed by atoms with Crippen LogP contribution in [0.4, 0.5) is 5.13 Å². The van der Waals surface area contributed by atoms with E-state index >= 15 is 0 Å². The molecular formula is C36H36ClN3O6S2. The van der Waals surface area contributed by atoms with Gasteiger partial charge in [0.05, 0.1) is 24.8 Å². The van der Waals surface area contributed by atoms with Crippen molar-refractivity contribution in [3.63, 3.8) is 0 Å². The van der Waals surface area contributed by atoms with Gasteiger partial charge in [0.1, 0.15) is 17.6 Å². The van der Waals surface area contributed by atoms with Gasteiger partial charge in [0.15, 0.2) is 15.8 Å². The maximum absolute atomic E-state index is 13.8. The number of ketones is 1. The molecule has 1 N–H and O–H groups in total. The van der Waals surface area contributed by atoms with Crippen molar-refractivity contribution in [3.05, 3.63) is 93.5 Å². The second-order valence-electron chi connectivity index (χ2n) is 11.6. The Balaban J connectivity index is 1.39.